The van der Waals surface area contributed by atoms with Gasteiger partial charge in [0.15, 0.2) is 0 Å². The molecular formula is C9H5F3N2S. The standard InChI is InChI=1S/C9H5F3N2S/c10-9(11,12)8-3-7(14-5-15)2-1-6(8)4-13/h1-4,13H. The Bertz CT molecular complexity index is 433. The van der Waals surface area contributed by atoms with Crippen molar-refractivity contribution in [2.24, 2.45) is 4.99 Å². The molecule has 1 aromatic carbocycles. The number of halogens is 3. The summed E-state index contributed by atoms with van der Waals surface area (Å²) in [5.41, 5.74) is -1.03. The third kappa shape index (κ3) is 2.71. The Kier molecular flexibility index (Phi) is 3.34. The average Bonchev–Trinajstić information content (AvgIpc) is 2.17. The third-order valence-corrected chi connectivity index (χ3v) is 1.76. The average molecular weight is 230 g/mol. The van der Waals surface area contributed by atoms with Crippen molar-refractivity contribution < 1.29 is 13.2 Å². The molecule has 1 rings (SSSR count). The fraction of sp³-hybridized carbons (Fsp3) is 0.111. The van der Waals surface area contributed by atoms with Crippen LogP contribution in [-0.4, -0.2) is 11.4 Å². The second-order valence-electron chi connectivity index (χ2n) is 2.62. The molecule has 6 heteroatoms. The van der Waals surface area contributed by atoms with E-state index in [1.54, 1.807) is 0 Å². The number of nitrogens with zero attached hydrogens (tertiary/aromatic N) is 1. The molecule has 78 valence electrons. The van der Waals surface area contributed by atoms with Crippen molar-refractivity contribution in [2.45, 2.75) is 6.18 Å². The maximum Gasteiger partial charge on any atom is 0.417 e. The van der Waals surface area contributed by atoms with Gasteiger partial charge in [-0.15, -0.1) is 0 Å². The minimum absolute atomic E-state index is 0.0722. The highest BCUT2D eigenvalue weighted by atomic mass is 32.1. The molecule has 15 heavy (non-hydrogen) atoms. The van der Waals surface area contributed by atoms with Crippen molar-refractivity contribution in [1.29, 1.82) is 5.41 Å². The zero-order valence-electron chi connectivity index (χ0n) is 7.30. The van der Waals surface area contributed by atoms with Crippen LogP contribution in [0.2, 0.25) is 0 Å². The van der Waals surface area contributed by atoms with E-state index in [1.165, 1.54) is 12.1 Å². The molecule has 0 fully saturated rings. The van der Waals surface area contributed by atoms with Gasteiger partial charge in [-0.05, 0) is 24.4 Å². The van der Waals surface area contributed by atoms with Crippen LogP contribution in [-0.2, 0) is 6.18 Å². The monoisotopic (exact) mass is 230 g/mol. The molecule has 0 aliphatic carbocycles. The number of hydrogen-bond donors (Lipinski definition) is 1. The second-order valence-corrected chi connectivity index (χ2v) is 2.80. The van der Waals surface area contributed by atoms with Crippen LogP contribution in [0.15, 0.2) is 23.2 Å². The van der Waals surface area contributed by atoms with Gasteiger partial charge in [0, 0.05) is 11.8 Å². The van der Waals surface area contributed by atoms with Gasteiger partial charge in [0.05, 0.1) is 16.4 Å². The zero-order valence-corrected chi connectivity index (χ0v) is 8.12. The van der Waals surface area contributed by atoms with Crippen LogP contribution in [0.5, 0.6) is 0 Å². The molecule has 0 radical (unpaired) electrons. The predicted molar refractivity (Wildman–Crippen MR) is 54.0 cm³/mol. The Morgan fingerprint density at radius 2 is 2.07 bits per heavy atom. The quantitative estimate of drug-likeness (QED) is 0.613. The lowest BCUT2D eigenvalue weighted by Crippen LogP contribution is -2.08. The highest BCUT2D eigenvalue weighted by molar-refractivity contribution is 7.78. The van der Waals surface area contributed by atoms with Gasteiger partial charge < -0.3 is 5.41 Å². The van der Waals surface area contributed by atoms with E-state index in [9.17, 15) is 13.2 Å². The maximum atomic E-state index is 12.5. The van der Waals surface area contributed by atoms with Crippen molar-refractivity contribution in [1.82, 2.24) is 0 Å². The summed E-state index contributed by atoms with van der Waals surface area (Å²) in [7, 11) is 0. The van der Waals surface area contributed by atoms with E-state index in [-0.39, 0.29) is 11.3 Å². The summed E-state index contributed by atoms with van der Waals surface area (Å²) in [5, 5.41) is 8.83. The van der Waals surface area contributed by atoms with E-state index in [4.69, 9.17) is 5.41 Å². The lowest BCUT2D eigenvalue weighted by molar-refractivity contribution is -0.137. The highest BCUT2D eigenvalue weighted by Gasteiger charge is 2.33. The molecule has 0 saturated carbocycles. The van der Waals surface area contributed by atoms with E-state index in [1.807, 2.05) is 5.16 Å². The summed E-state index contributed by atoms with van der Waals surface area (Å²) in [6.45, 7) is 0. The molecule has 0 aliphatic heterocycles. The first-order valence-electron chi connectivity index (χ1n) is 3.78. The van der Waals surface area contributed by atoms with Gasteiger partial charge in [0.1, 0.15) is 0 Å². The number of isothiocyanates is 1. The Labute approximate surface area is 89.0 Å². The lowest BCUT2D eigenvalue weighted by Gasteiger charge is -2.09. The summed E-state index contributed by atoms with van der Waals surface area (Å²) in [5.74, 6) is 0. The second kappa shape index (κ2) is 4.33. The smallest absolute Gasteiger partial charge is 0.308 e. The molecule has 0 saturated heterocycles. The molecule has 0 amide bonds. The fourth-order valence-electron chi connectivity index (χ4n) is 1.04. The van der Waals surface area contributed by atoms with Crippen molar-refractivity contribution in [2.75, 3.05) is 0 Å². The number of aliphatic imine (C=N–C) groups is 1. The van der Waals surface area contributed by atoms with Crippen molar-refractivity contribution in [3.05, 3.63) is 29.3 Å². The molecule has 0 bridgehead atoms. The number of nitrogens with one attached hydrogen (secondary N) is 1. The van der Waals surface area contributed by atoms with Crippen LogP contribution in [0.4, 0.5) is 18.9 Å². The lowest BCUT2D eigenvalue weighted by atomic mass is 10.1. The molecule has 0 spiro atoms. The number of benzene rings is 1. The minimum atomic E-state index is -4.50. The molecule has 2 nitrogen and oxygen atoms in total. The van der Waals surface area contributed by atoms with Gasteiger partial charge in [0.2, 0.25) is 0 Å². The molecular weight excluding hydrogens is 225 g/mol. The van der Waals surface area contributed by atoms with Crippen LogP contribution in [0.1, 0.15) is 11.1 Å². The van der Waals surface area contributed by atoms with Gasteiger partial charge in [-0.1, -0.05) is 6.07 Å². The van der Waals surface area contributed by atoms with E-state index < -0.39 is 11.7 Å². The summed E-state index contributed by atoms with van der Waals surface area (Å²) in [4.78, 5) is 3.45. The maximum absolute atomic E-state index is 12.5. The van der Waals surface area contributed by atoms with Crippen molar-refractivity contribution >= 4 is 29.3 Å². The summed E-state index contributed by atoms with van der Waals surface area (Å²) < 4.78 is 37.4. The Morgan fingerprint density at radius 1 is 1.40 bits per heavy atom. The van der Waals surface area contributed by atoms with Crippen molar-refractivity contribution in [3.63, 3.8) is 0 Å². The number of thiocarbonyl (C=S) groups is 1. The summed E-state index contributed by atoms with van der Waals surface area (Å²) in [6, 6.07) is 3.34. The SMILES string of the molecule is N=Cc1ccc(N=C=S)cc1C(F)(F)F. The molecule has 1 aromatic rings. The predicted octanol–water partition coefficient (Wildman–Crippen LogP) is 3.44. The highest BCUT2D eigenvalue weighted by Crippen LogP contribution is 2.33. The Hall–Kier alpha value is -1.52. The normalized spacial score (nSPS) is 10.6. The molecule has 0 aromatic heterocycles. The van der Waals surface area contributed by atoms with Crippen LogP contribution in [0.25, 0.3) is 0 Å². The van der Waals surface area contributed by atoms with Gasteiger partial charge in [-0.3, -0.25) is 0 Å². The Morgan fingerprint density at radius 3 is 2.53 bits per heavy atom. The van der Waals surface area contributed by atoms with Crippen LogP contribution in [0, 0.1) is 5.41 Å². The topological polar surface area (TPSA) is 36.2 Å². The van der Waals surface area contributed by atoms with Gasteiger partial charge in [0.25, 0.3) is 0 Å². The van der Waals surface area contributed by atoms with Gasteiger partial charge in [-0.2, -0.15) is 18.2 Å². The molecule has 0 unspecified atom stereocenters. The Balaban J connectivity index is 3.37. The van der Waals surface area contributed by atoms with E-state index in [0.717, 1.165) is 6.07 Å². The molecule has 0 aliphatic rings. The number of alkyl halides is 3. The van der Waals surface area contributed by atoms with E-state index in [2.05, 4.69) is 17.2 Å². The van der Waals surface area contributed by atoms with Crippen molar-refractivity contribution in [3.8, 4) is 0 Å². The molecule has 1 N–H and O–H groups in total. The van der Waals surface area contributed by atoms with Gasteiger partial charge >= 0.3 is 6.18 Å². The number of rotatable bonds is 2. The first-order chi connectivity index (χ1) is 6.99. The molecule has 0 heterocycles. The van der Waals surface area contributed by atoms with Gasteiger partial charge in [-0.25, -0.2) is 0 Å². The van der Waals surface area contributed by atoms with E-state index >= 15 is 0 Å². The largest absolute Gasteiger partial charge is 0.417 e. The third-order valence-electron chi connectivity index (χ3n) is 1.67. The summed E-state index contributed by atoms with van der Waals surface area (Å²) >= 11 is 4.29. The van der Waals surface area contributed by atoms with E-state index in [0.29, 0.717) is 6.21 Å². The first kappa shape index (κ1) is 11.6. The van der Waals surface area contributed by atoms with Crippen LogP contribution >= 0.6 is 12.2 Å². The zero-order chi connectivity index (χ0) is 11.5. The summed E-state index contributed by atoms with van der Waals surface area (Å²) in [6.07, 6.45) is -3.85. The number of hydrogen-bond acceptors (Lipinski definition) is 3. The van der Waals surface area contributed by atoms with Crippen LogP contribution < -0.4 is 0 Å². The molecule has 0 atom stereocenters. The van der Waals surface area contributed by atoms with Crippen LogP contribution in [0.3, 0.4) is 0 Å². The minimum Gasteiger partial charge on any atom is -0.308 e. The fourth-order valence-corrected chi connectivity index (χ4v) is 1.14. The first-order valence-corrected chi connectivity index (χ1v) is 4.19.